The number of carbonyl (C=O) groups excluding carboxylic acids is 1. The normalized spacial score (nSPS) is 12.1. The molecule has 1 heterocycles. The van der Waals surface area contributed by atoms with Gasteiger partial charge in [-0.25, -0.2) is 0 Å². The Balaban J connectivity index is 1.64. The summed E-state index contributed by atoms with van der Waals surface area (Å²) in [5.41, 5.74) is 2.95. The van der Waals surface area contributed by atoms with E-state index in [9.17, 15) is 4.79 Å². The highest BCUT2D eigenvalue weighted by Gasteiger charge is 2.18. The number of ether oxygens (including phenoxy) is 1. The monoisotopic (exact) mass is 351 g/mol. The Morgan fingerprint density at radius 2 is 1.92 bits per heavy atom. The minimum Gasteiger partial charge on any atom is -0.494 e. The van der Waals surface area contributed by atoms with E-state index in [1.54, 1.807) is 4.68 Å². The number of fused-ring (bicyclic) bond motifs is 1. The van der Waals surface area contributed by atoms with E-state index in [1.807, 2.05) is 62.4 Å². The number of aromatic nitrogens is 2. The molecule has 0 aliphatic heterocycles. The van der Waals surface area contributed by atoms with Crippen LogP contribution >= 0.6 is 0 Å². The van der Waals surface area contributed by atoms with Gasteiger partial charge in [-0.3, -0.25) is 9.48 Å². The Labute approximate surface area is 154 Å². The van der Waals surface area contributed by atoms with Crippen molar-refractivity contribution in [3.05, 3.63) is 59.8 Å². The van der Waals surface area contributed by atoms with Crippen molar-refractivity contribution in [1.82, 2.24) is 15.1 Å². The quantitative estimate of drug-likeness (QED) is 0.700. The molecule has 0 spiro atoms. The van der Waals surface area contributed by atoms with Gasteiger partial charge < -0.3 is 10.1 Å². The molecule has 0 saturated carbocycles. The van der Waals surface area contributed by atoms with E-state index in [0.29, 0.717) is 13.2 Å². The van der Waals surface area contributed by atoms with Crippen LogP contribution in [0, 0.1) is 6.92 Å². The lowest BCUT2D eigenvalue weighted by Crippen LogP contribution is -2.31. The molecule has 5 nitrogen and oxygen atoms in total. The van der Waals surface area contributed by atoms with Crippen LogP contribution in [0.2, 0.25) is 0 Å². The predicted octanol–water partition coefficient (Wildman–Crippen LogP) is 4.01. The molecular formula is C21H25N3O2. The zero-order chi connectivity index (χ0) is 18.5. The van der Waals surface area contributed by atoms with Crippen molar-refractivity contribution in [2.24, 2.45) is 0 Å². The van der Waals surface area contributed by atoms with E-state index >= 15 is 0 Å². The second kappa shape index (κ2) is 8.04. The first kappa shape index (κ1) is 18.0. The van der Waals surface area contributed by atoms with E-state index in [0.717, 1.165) is 34.3 Å². The van der Waals surface area contributed by atoms with Crippen molar-refractivity contribution >= 4 is 16.8 Å². The third-order valence-electron chi connectivity index (χ3n) is 4.41. The molecule has 0 saturated heterocycles. The molecule has 0 aliphatic rings. The average Bonchev–Trinajstić information content (AvgIpc) is 3.01. The smallest absolute Gasteiger partial charge is 0.244 e. The SMILES string of the molecule is CCCOc1ccc(CNC(=O)[C@@H](C)n2nc(C)c3ccccc32)cc1. The Morgan fingerprint density at radius 3 is 2.65 bits per heavy atom. The molecule has 0 fully saturated rings. The van der Waals surface area contributed by atoms with Gasteiger partial charge in [0.2, 0.25) is 5.91 Å². The summed E-state index contributed by atoms with van der Waals surface area (Å²) in [5, 5.41) is 8.62. The Hall–Kier alpha value is -2.82. The van der Waals surface area contributed by atoms with Crippen molar-refractivity contribution in [1.29, 1.82) is 0 Å². The maximum atomic E-state index is 12.6. The van der Waals surface area contributed by atoms with Crippen LogP contribution in [0.25, 0.3) is 10.9 Å². The summed E-state index contributed by atoms with van der Waals surface area (Å²) in [6, 6.07) is 15.4. The van der Waals surface area contributed by atoms with Gasteiger partial charge in [0.05, 0.1) is 17.8 Å². The number of amides is 1. The summed E-state index contributed by atoms with van der Waals surface area (Å²) in [5.74, 6) is 0.804. The van der Waals surface area contributed by atoms with Crippen LogP contribution < -0.4 is 10.1 Å². The number of nitrogens with zero attached hydrogens (tertiary/aromatic N) is 2. The zero-order valence-corrected chi connectivity index (χ0v) is 15.5. The molecular weight excluding hydrogens is 326 g/mol. The largest absolute Gasteiger partial charge is 0.494 e. The minimum absolute atomic E-state index is 0.0513. The highest BCUT2D eigenvalue weighted by atomic mass is 16.5. The zero-order valence-electron chi connectivity index (χ0n) is 15.5. The van der Waals surface area contributed by atoms with Crippen LogP contribution in [-0.4, -0.2) is 22.3 Å². The number of rotatable bonds is 7. The fourth-order valence-electron chi connectivity index (χ4n) is 2.92. The summed E-state index contributed by atoms with van der Waals surface area (Å²) in [6.07, 6.45) is 0.983. The molecule has 0 aliphatic carbocycles. The average molecular weight is 351 g/mol. The van der Waals surface area contributed by atoms with E-state index in [2.05, 4.69) is 17.3 Å². The molecule has 2 aromatic carbocycles. The first-order valence-electron chi connectivity index (χ1n) is 9.03. The van der Waals surface area contributed by atoms with Gasteiger partial charge in [-0.15, -0.1) is 0 Å². The fourth-order valence-corrected chi connectivity index (χ4v) is 2.92. The number of aryl methyl sites for hydroxylation is 1. The molecule has 1 amide bonds. The fraction of sp³-hybridized carbons (Fsp3) is 0.333. The number of hydrogen-bond donors (Lipinski definition) is 1. The summed E-state index contributed by atoms with van der Waals surface area (Å²) in [6.45, 7) is 7.11. The van der Waals surface area contributed by atoms with Gasteiger partial charge in [0, 0.05) is 11.9 Å². The minimum atomic E-state index is -0.374. The van der Waals surface area contributed by atoms with Crippen molar-refractivity contribution in [3.8, 4) is 5.75 Å². The lowest BCUT2D eigenvalue weighted by Gasteiger charge is -2.14. The van der Waals surface area contributed by atoms with Crippen molar-refractivity contribution < 1.29 is 9.53 Å². The third kappa shape index (κ3) is 3.87. The molecule has 1 atom stereocenters. The van der Waals surface area contributed by atoms with Gasteiger partial charge >= 0.3 is 0 Å². The molecule has 0 bridgehead atoms. The molecule has 5 heteroatoms. The van der Waals surface area contributed by atoms with Gasteiger partial charge in [0.25, 0.3) is 0 Å². The van der Waals surface area contributed by atoms with E-state index in [4.69, 9.17) is 4.74 Å². The van der Waals surface area contributed by atoms with Crippen molar-refractivity contribution in [2.45, 2.75) is 39.8 Å². The molecule has 3 rings (SSSR count). The molecule has 0 unspecified atom stereocenters. The van der Waals surface area contributed by atoms with Crippen LogP contribution in [0.3, 0.4) is 0 Å². The van der Waals surface area contributed by atoms with Gasteiger partial charge in [-0.1, -0.05) is 37.3 Å². The Bertz CT molecular complexity index is 884. The van der Waals surface area contributed by atoms with E-state index in [-0.39, 0.29) is 11.9 Å². The van der Waals surface area contributed by atoms with E-state index in [1.165, 1.54) is 0 Å². The maximum Gasteiger partial charge on any atom is 0.244 e. The van der Waals surface area contributed by atoms with Crippen molar-refractivity contribution in [3.63, 3.8) is 0 Å². The number of carbonyl (C=O) groups is 1. The van der Waals surface area contributed by atoms with Crippen LogP contribution in [0.5, 0.6) is 5.75 Å². The second-order valence-corrected chi connectivity index (χ2v) is 6.43. The van der Waals surface area contributed by atoms with Crippen LogP contribution in [0.4, 0.5) is 0 Å². The lowest BCUT2D eigenvalue weighted by atomic mass is 10.2. The van der Waals surface area contributed by atoms with Crippen LogP contribution in [0.1, 0.15) is 37.6 Å². The van der Waals surface area contributed by atoms with Gasteiger partial charge in [0.15, 0.2) is 0 Å². The number of nitrogens with one attached hydrogen (secondary N) is 1. The molecule has 1 aromatic heterocycles. The van der Waals surface area contributed by atoms with Crippen molar-refractivity contribution in [2.75, 3.05) is 6.61 Å². The van der Waals surface area contributed by atoms with Crippen LogP contribution in [-0.2, 0) is 11.3 Å². The van der Waals surface area contributed by atoms with Gasteiger partial charge in [-0.2, -0.15) is 5.10 Å². The number of para-hydroxylation sites is 1. The Kier molecular flexibility index (Phi) is 5.56. The number of hydrogen-bond acceptors (Lipinski definition) is 3. The van der Waals surface area contributed by atoms with E-state index < -0.39 is 0 Å². The maximum absolute atomic E-state index is 12.6. The second-order valence-electron chi connectivity index (χ2n) is 6.43. The predicted molar refractivity (Wildman–Crippen MR) is 103 cm³/mol. The topological polar surface area (TPSA) is 56.1 Å². The molecule has 0 radical (unpaired) electrons. The molecule has 136 valence electrons. The highest BCUT2D eigenvalue weighted by molar-refractivity contribution is 5.86. The molecule has 1 N–H and O–H groups in total. The molecule has 26 heavy (non-hydrogen) atoms. The highest BCUT2D eigenvalue weighted by Crippen LogP contribution is 2.21. The van der Waals surface area contributed by atoms with Crippen LogP contribution in [0.15, 0.2) is 48.5 Å². The van der Waals surface area contributed by atoms with Gasteiger partial charge in [-0.05, 0) is 44.0 Å². The summed E-state index contributed by atoms with van der Waals surface area (Å²) < 4.78 is 7.37. The first-order chi connectivity index (χ1) is 12.6. The summed E-state index contributed by atoms with van der Waals surface area (Å²) in [7, 11) is 0. The number of benzene rings is 2. The third-order valence-corrected chi connectivity index (χ3v) is 4.41. The summed E-state index contributed by atoms with van der Waals surface area (Å²) in [4.78, 5) is 12.6. The standard InChI is InChI=1S/C21H25N3O2/c1-4-13-26-18-11-9-17(10-12-18)14-22-21(25)16(3)24-20-8-6-5-7-19(20)15(2)23-24/h5-12,16H,4,13-14H2,1-3H3,(H,22,25)/t16-/m1/s1. The van der Waals surface area contributed by atoms with Gasteiger partial charge in [0.1, 0.15) is 11.8 Å². The summed E-state index contributed by atoms with van der Waals surface area (Å²) >= 11 is 0. The molecule has 3 aromatic rings. The lowest BCUT2D eigenvalue weighted by molar-refractivity contribution is -0.124. The first-order valence-corrected chi connectivity index (χ1v) is 9.03. The Morgan fingerprint density at radius 1 is 1.19 bits per heavy atom.